The van der Waals surface area contributed by atoms with Crippen molar-refractivity contribution in [2.24, 2.45) is 10.9 Å². The van der Waals surface area contributed by atoms with Gasteiger partial charge in [-0.3, -0.25) is 0 Å². The first kappa shape index (κ1) is 21.4. The van der Waals surface area contributed by atoms with Crippen molar-refractivity contribution in [3.63, 3.8) is 0 Å². The van der Waals surface area contributed by atoms with Crippen molar-refractivity contribution in [1.29, 1.82) is 0 Å². The molecule has 1 atom stereocenters. The predicted molar refractivity (Wildman–Crippen MR) is 73.3 cm³/mol. The Morgan fingerprint density at radius 3 is 2.33 bits per heavy atom. The maximum atomic E-state index is 11.5. The van der Waals surface area contributed by atoms with E-state index >= 15 is 0 Å². The molecule has 0 saturated carbocycles. The summed E-state index contributed by atoms with van der Waals surface area (Å²) in [5.41, 5.74) is 0.785. The fourth-order valence-electron chi connectivity index (χ4n) is 1.57. The van der Waals surface area contributed by atoms with E-state index in [2.05, 4.69) is 4.99 Å². The molecule has 0 aliphatic carbocycles. The minimum Gasteiger partial charge on any atom is -0.630 e. The van der Waals surface area contributed by atoms with Crippen LogP contribution >= 0.6 is 7.94 Å². The minimum absolute atomic E-state index is 0. The standard InChI is InChI=1S/C13H20NO5P.K/c1-10(2)8-12(20(16,17)18)14-13(15)19-9-11-6-4-3-5-7-11;/h3-7,10,12H,8-9H2,1-2H3,(H,14,15)(H2,16,17,18);/q;+1/p-1. The molecule has 0 heterocycles. The van der Waals surface area contributed by atoms with Crippen molar-refractivity contribution in [2.75, 3.05) is 0 Å². The van der Waals surface area contributed by atoms with E-state index in [1.807, 2.05) is 6.07 Å². The van der Waals surface area contributed by atoms with E-state index in [1.165, 1.54) is 0 Å². The molecule has 0 aliphatic heterocycles. The van der Waals surface area contributed by atoms with E-state index in [4.69, 9.17) is 4.74 Å². The number of aliphatic imine (C=N–C) groups is 1. The van der Waals surface area contributed by atoms with Crippen molar-refractivity contribution in [3.05, 3.63) is 35.9 Å². The Morgan fingerprint density at radius 1 is 1.29 bits per heavy atom. The molecular weight excluding hydrogens is 320 g/mol. The normalized spacial score (nSPS) is 13.7. The van der Waals surface area contributed by atoms with E-state index < -0.39 is 19.8 Å². The third-order valence-electron chi connectivity index (χ3n) is 2.53. The van der Waals surface area contributed by atoms with Crippen LogP contribution < -0.4 is 61.4 Å². The molecule has 0 bridgehead atoms. The summed E-state index contributed by atoms with van der Waals surface area (Å²) in [7, 11) is -4.45. The molecule has 0 fully saturated rings. The van der Waals surface area contributed by atoms with E-state index in [1.54, 1.807) is 38.1 Å². The van der Waals surface area contributed by atoms with Gasteiger partial charge in [0.05, 0.1) is 0 Å². The van der Waals surface area contributed by atoms with Crippen LogP contribution in [0.5, 0.6) is 0 Å². The minimum atomic E-state index is -4.45. The van der Waals surface area contributed by atoms with Crippen molar-refractivity contribution >= 4 is 14.0 Å². The third kappa shape index (κ3) is 9.23. The average molecular weight is 339 g/mol. The molecule has 2 N–H and O–H groups in total. The van der Waals surface area contributed by atoms with Crippen LogP contribution in [0.15, 0.2) is 35.3 Å². The van der Waals surface area contributed by atoms with Crippen LogP contribution in [0.1, 0.15) is 25.8 Å². The first-order valence-corrected chi connectivity index (χ1v) is 7.94. The Morgan fingerprint density at radius 2 is 1.86 bits per heavy atom. The van der Waals surface area contributed by atoms with Gasteiger partial charge in [-0.05, 0) is 11.5 Å². The molecule has 8 heteroatoms. The molecule has 1 aromatic rings. The van der Waals surface area contributed by atoms with Gasteiger partial charge in [0.1, 0.15) is 6.08 Å². The maximum absolute atomic E-state index is 11.5. The van der Waals surface area contributed by atoms with Crippen LogP contribution in [-0.2, 0) is 11.3 Å². The summed E-state index contributed by atoms with van der Waals surface area (Å²) in [6.45, 7) is 3.62. The summed E-state index contributed by atoms with van der Waals surface area (Å²) < 4.78 is 4.89. The molecule has 21 heavy (non-hydrogen) atoms. The molecule has 0 aliphatic rings. The molecule has 0 spiro atoms. The van der Waals surface area contributed by atoms with Crippen LogP contribution in [-0.4, -0.2) is 21.7 Å². The predicted octanol–water partition coefficient (Wildman–Crippen LogP) is -2.60. The fourth-order valence-corrected chi connectivity index (χ4v) is 2.51. The van der Waals surface area contributed by atoms with Gasteiger partial charge in [-0.2, -0.15) is 0 Å². The van der Waals surface area contributed by atoms with Crippen LogP contribution in [0.25, 0.3) is 0 Å². The van der Waals surface area contributed by atoms with Gasteiger partial charge in [0.15, 0.2) is 0 Å². The summed E-state index contributed by atoms with van der Waals surface area (Å²) in [6, 6.07) is 9.00. The Bertz CT molecular complexity index is 436. The quantitative estimate of drug-likeness (QED) is 0.256. The first-order valence-electron chi connectivity index (χ1n) is 6.25. The Balaban J connectivity index is 0.00000400. The zero-order valence-corrected chi connectivity index (χ0v) is 16.5. The van der Waals surface area contributed by atoms with E-state index in [0.29, 0.717) is 0 Å². The van der Waals surface area contributed by atoms with Gasteiger partial charge >= 0.3 is 51.4 Å². The molecule has 1 aromatic carbocycles. The summed E-state index contributed by atoms with van der Waals surface area (Å²) >= 11 is 0. The molecule has 0 radical (unpaired) electrons. The van der Waals surface area contributed by atoms with E-state index in [9.17, 15) is 19.8 Å². The number of nitrogens with zero attached hydrogens (tertiary/aromatic N) is 1. The molecule has 1 unspecified atom stereocenters. The number of rotatable bonds is 6. The molecule has 1 rings (SSSR count). The van der Waals surface area contributed by atoms with E-state index in [-0.39, 0.29) is 70.3 Å². The maximum Gasteiger partial charge on any atom is 1.00 e. The number of ether oxygens (including phenoxy) is 1. The monoisotopic (exact) mass is 339 g/mol. The van der Waals surface area contributed by atoms with E-state index in [0.717, 1.165) is 5.56 Å². The zero-order valence-electron chi connectivity index (χ0n) is 12.5. The van der Waals surface area contributed by atoms with Gasteiger partial charge < -0.3 is 14.7 Å². The topological polar surface area (TPSA) is 108 Å². The number of benzene rings is 1. The molecule has 112 valence electrons. The Labute approximate surface area is 167 Å². The van der Waals surface area contributed by atoms with Gasteiger partial charge in [-0.25, -0.2) is 14.8 Å². The second-order valence-electron chi connectivity index (χ2n) is 4.87. The SMILES string of the molecule is CC(C)CC(N=C([O-])OCc1ccccc1)[P+]([O-])(O)O.[K+]. The molecule has 0 aromatic heterocycles. The van der Waals surface area contributed by atoms with Crippen LogP contribution in [0.2, 0.25) is 0 Å². The second kappa shape index (κ2) is 10.3. The molecule has 0 amide bonds. The largest absolute Gasteiger partial charge is 1.00 e. The van der Waals surface area contributed by atoms with Crippen molar-refractivity contribution in [1.82, 2.24) is 0 Å². The van der Waals surface area contributed by atoms with Crippen LogP contribution in [0, 0.1) is 5.92 Å². The molecular formula is C13H19KNO5P. The van der Waals surface area contributed by atoms with Crippen LogP contribution in [0.3, 0.4) is 0 Å². The Kier molecular flexibility index (Phi) is 10.5. The summed E-state index contributed by atoms with van der Waals surface area (Å²) in [5.74, 6) is -1.33. The molecule has 0 saturated heterocycles. The Hall–Kier alpha value is 0.436. The van der Waals surface area contributed by atoms with Crippen molar-refractivity contribution in [3.8, 4) is 0 Å². The average Bonchev–Trinajstić information content (AvgIpc) is 2.35. The second-order valence-corrected chi connectivity index (χ2v) is 6.64. The summed E-state index contributed by atoms with van der Waals surface area (Å²) in [6.07, 6.45) is -0.826. The van der Waals surface area contributed by atoms with Crippen molar-refractivity contribution in [2.45, 2.75) is 32.7 Å². The fraction of sp³-hybridized carbons (Fsp3) is 0.462. The summed E-state index contributed by atoms with van der Waals surface area (Å²) in [5, 5.41) is 11.5. The van der Waals surface area contributed by atoms with Crippen LogP contribution in [0.4, 0.5) is 0 Å². The zero-order chi connectivity index (χ0) is 15.2. The van der Waals surface area contributed by atoms with Gasteiger partial charge in [0, 0.05) is 13.0 Å². The van der Waals surface area contributed by atoms with Gasteiger partial charge in [-0.15, -0.1) is 0 Å². The smallest absolute Gasteiger partial charge is 0.630 e. The first-order chi connectivity index (χ1) is 9.29. The van der Waals surface area contributed by atoms with Gasteiger partial charge in [-0.1, -0.05) is 44.2 Å². The van der Waals surface area contributed by atoms with Gasteiger partial charge in [0.2, 0.25) is 5.78 Å². The molecule has 6 nitrogen and oxygen atoms in total. The van der Waals surface area contributed by atoms with Gasteiger partial charge in [0.25, 0.3) is 7.94 Å². The van der Waals surface area contributed by atoms with Crippen molar-refractivity contribution < 1.29 is 75.9 Å². The number of hydrogen-bond acceptors (Lipinski definition) is 6. The number of hydrogen-bond donors (Lipinski definition) is 2. The third-order valence-corrected chi connectivity index (χ3v) is 3.63. The summed E-state index contributed by atoms with van der Waals surface area (Å²) in [4.78, 5) is 33.1.